The SMILES string of the molecule is Cl.Nc1ccc2c(c1)C(N)C(Cc1ccccc1)CC2. The molecule has 20 heavy (non-hydrogen) atoms. The van der Waals surface area contributed by atoms with Crippen molar-refractivity contribution in [3.63, 3.8) is 0 Å². The summed E-state index contributed by atoms with van der Waals surface area (Å²) in [5.74, 6) is 0.511. The molecule has 2 atom stereocenters. The van der Waals surface area contributed by atoms with E-state index in [9.17, 15) is 0 Å². The first-order valence-corrected chi connectivity index (χ1v) is 6.92. The van der Waals surface area contributed by atoms with Crippen molar-refractivity contribution in [1.29, 1.82) is 0 Å². The first-order valence-electron chi connectivity index (χ1n) is 6.92. The number of hydrogen-bond donors (Lipinski definition) is 2. The molecule has 1 aliphatic rings. The van der Waals surface area contributed by atoms with E-state index in [1.807, 2.05) is 6.07 Å². The standard InChI is InChI=1S/C17H20N2.ClH/c18-15-9-8-13-6-7-14(17(19)16(13)11-15)10-12-4-2-1-3-5-12;/h1-5,8-9,11,14,17H,6-7,10,18-19H2;1H. The van der Waals surface area contributed by atoms with E-state index in [0.29, 0.717) is 5.92 Å². The zero-order valence-corrected chi connectivity index (χ0v) is 12.3. The van der Waals surface area contributed by atoms with Gasteiger partial charge >= 0.3 is 0 Å². The maximum atomic E-state index is 6.45. The lowest BCUT2D eigenvalue weighted by Crippen LogP contribution is -2.28. The molecule has 0 saturated heterocycles. The van der Waals surface area contributed by atoms with Gasteiger partial charge in [0.2, 0.25) is 0 Å². The quantitative estimate of drug-likeness (QED) is 0.831. The minimum absolute atomic E-state index is 0. The van der Waals surface area contributed by atoms with Crippen LogP contribution in [-0.2, 0) is 12.8 Å². The average molecular weight is 289 g/mol. The predicted octanol–water partition coefficient (Wildman–Crippen LogP) is 3.50. The van der Waals surface area contributed by atoms with E-state index in [0.717, 1.165) is 24.9 Å². The molecule has 106 valence electrons. The first-order chi connectivity index (χ1) is 9.24. The molecule has 0 aliphatic heterocycles. The molecule has 0 aromatic heterocycles. The highest BCUT2D eigenvalue weighted by atomic mass is 35.5. The minimum atomic E-state index is 0. The molecule has 2 unspecified atom stereocenters. The van der Waals surface area contributed by atoms with E-state index >= 15 is 0 Å². The zero-order chi connectivity index (χ0) is 13.2. The second-order valence-corrected chi connectivity index (χ2v) is 5.47. The summed E-state index contributed by atoms with van der Waals surface area (Å²) >= 11 is 0. The number of benzene rings is 2. The van der Waals surface area contributed by atoms with Gasteiger partial charge in [0, 0.05) is 11.7 Å². The van der Waals surface area contributed by atoms with Crippen LogP contribution in [0.25, 0.3) is 0 Å². The highest BCUT2D eigenvalue weighted by molar-refractivity contribution is 5.85. The Kier molecular flexibility index (Phi) is 4.69. The lowest BCUT2D eigenvalue weighted by atomic mass is 9.77. The van der Waals surface area contributed by atoms with Crippen LogP contribution in [-0.4, -0.2) is 0 Å². The molecule has 1 aliphatic carbocycles. The van der Waals surface area contributed by atoms with E-state index in [-0.39, 0.29) is 18.4 Å². The Bertz CT molecular complexity index is 568. The Morgan fingerprint density at radius 3 is 2.55 bits per heavy atom. The Hall–Kier alpha value is -1.51. The van der Waals surface area contributed by atoms with Gasteiger partial charge in [-0.15, -0.1) is 12.4 Å². The third-order valence-electron chi connectivity index (χ3n) is 4.16. The molecule has 0 saturated carbocycles. The molecule has 2 aromatic carbocycles. The first kappa shape index (κ1) is 14.9. The smallest absolute Gasteiger partial charge is 0.0330 e. The fraction of sp³-hybridized carbons (Fsp3) is 0.294. The van der Waals surface area contributed by atoms with Crippen LogP contribution in [0.5, 0.6) is 0 Å². The van der Waals surface area contributed by atoms with Gasteiger partial charge in [-0.3, -0.25) is 0 Å². The number of nitrogens with two attached hydrogens (primary N) is 2. The topological polar surface area (TPSA) is 52.0 Å². The maximum Gasteiger partial charge on any atom is 0.0330 e. The summed E-state index contributed by atoms with van der Waals surface area (Å²) in [6.45, 7) is 0. The minimum Gasteiger partial charge on any atom is -0.399 e. The van der Waals surface area contributed by atoms with Crippen molar-refractivity contribution in [1.82, 2.24) is 0 Å². The van der Waals surface area contributed by atoms with E-state index in [2.05, 4.69) is 42.5 Å². The summed E-state index contributed by atoms with van der Waals surface area (Å²) in [4.78, 5) is 0. The number of fused-ring (bicyclic) bond motifs is 1. The molecule has 0 spiro atoms. The van der Waals surface area contributed by atoms with Gasteiger partial charge in [0.15, 0.2) is 0 Å². The normalized spacial score (nSPS) is 20.9. The third kappa shape index (κ3) is 2.97. The number of anilines is 1. The van der Waals surface area contributed by atoms with Crippen molar-refractivity contribution < 1.29 is 0 Å². The maximum absolute atomic E-state index is 6.45. The van der Waals surface area contributed by atoms with Gasteiger partial charge in [-0.25, -0.2) is 0 Å². The molecule has 2 nitrogen and oxygen atoms in total. The van der Waals surface area contributed by atoms with Crippen molar-refractivity contribution >= 4 is 18.1 Å². The summed E-state index contributed by atoms with van der Waals surface area (Å²) in [6, 6.07) is 16.9. The van der Waals surface area contributed by atoms with Crippen LogP contribution in [0.3, 0.4) is 0 Å². The second-order valence-electron chi connectivity index (χ2n) is 5.47. The molecule has 2 aromatic rings. The number of halogens is 1. The summed E-state index contributed by atoms with van der Waals surface area (Å²) < 4.78 is 0. The average Bonchev–Trinajstić information content (AvgIpc) is 2.44. The molecule has 3 heteroatoms. The van der Waals surface area contributed by atoms with Crippen molar-refractivity contribution in [3.05, 3.63) is 65.2 Å². The number of nitrogen functional groups attached to an aromatic ring is 1. The van der Waals surface area contributed by atoms with E-state index in [1.165, 1.54) is 16.7 Å². The van der Waals surface area contributed by atoms with Crippen LogP contribution in [0.1, 0.15) is 29.2 Å². The molecule has 0 fully saturated rings. The van der Waals surface area contributed by atoms with Crippen molar-refractivity contribution in [2.45, 2.75) is 25.3 Å². The highest BCUT2D eigenvalue weighted by Gasteiger charge is 2.26. The van der Waals surface area contributed by atoms with E-state index in [1.54, 1.807) is 0 Å². The fourth-order valence-corrected chi connectivity index (χ4v) is 3.07. The van der Waals surface area contributed by atoms with Crippen LogP contribution in [0.4, 0.5) is 5.69 Å². The van der Waals surface area contributed by atoms with Gasteiger partial charge in [0.25, 0.3) is 0 Å². The Balaban J connectivity index is 0.00000147. The molecular formula is C17H21ClN2. The number of rotatable bonds is 2. The predicted molar refractivity (Wildman–Crippen MR) is 87.0 cm³/mol. The molecule has 0 amide bonds. The zero-order valence-electron chi connectivity index (χ0n) is 11.5. The van der Waals surface area contributed by atoms with E-state index in [4.69, 9.17) is 11.5 Å². The van der Waals surface area contributed by atoms with Gasteiger partial charge in [-0.1, -0.05) is 36.4 Å². The van der Waals surface area contributed by atoms with Crippen LogP contribution < -0.4 is 11.5 Å². The molecule has 0 heterocycles. The number of hydrogen-bond acceptors (Lipinski definition) is 2. The van der Waals surface area contributed by atoms with Crippen LogP contribution >= 0.6 is 12.4 Å². The summed E-state index contributed by atoms with van der Waals surface area (Å²) in [5, 5.41) is 0. The van der Waals surface area contributed by atoms with Crippen LogP contribution in [0, 0.1) is 5.92 Å². The van der Waals surface area contributed by atoms with Gasteiger partial charge < -0.3 is 11.5 Å². The second kappa shape index (κ2) is 6.29. The number of aryl methyl sites for hydroxylation is 1. The summed E-state index contributed by atoms with van der Waals surface area (Å²) in [6.07, 6.45) is 3.32. The molecule has 0 bridgehead atoms. The lowest BCUT2D eigenvalue weighted by molar-refractivity contribution is 0.376. The molecule has 3 rings (SSSR count). The van der Waals surface area contributed by atoms with Crippen LogP contribution in [0.15, 0.2) is 48.5 Å². The highest BCUT2D eigenvalue weighted by Crippen LogP contribution is 2.35. The van der Waals surface area contributed by atoms with E-state index < -0.39 is 0 Å². The molecule has 4 N–H and O–H groups in total. The Morgan fingerprint density at radius 2 is 1.80 bits per heavy atom. The Morgan fingerprint density at radius 1 is 1.05 bits per heavy atom. The van der Waals surface area contributed by atoms with Crippen molar-refractivity contribution in [3.8, 4) is 0 Å². The van der Waals surface area contributed by atoms with Gasteiger partial charge in [-0.05, 0) is 54.0 Å². The summed E-state index contributed by atoms with van der Waals surface area (Å²) in [5.41, 5.74) is 17.1. The monoisotopic (exact) mass is 288 g/mol. The molecular weight excluding hydrogens is 268 g/mol. The van der Waals surface area contributed by atoms with Crippen LogP contribution in [0.2, 0.25) is 0 Å². The van der Waals surface area contributed by atoms with Gasteiger partial charge in [0.1, 0.15) is 0 Å². The van der Waals surface area contributed by atoms with Gasteiger partial charge in [0.05, 0.1) is 0 Å². The third-order valence-corrected chi connectivity index (χ3v) is 4.16. The summed E-state index contributed by atoms with van der Waals surface area (Å²) in [7, 11) is 0. The lowest BCUT2D eigenvalue weighted by Gasteiger charge is -2.31. The van der Waals surface area contributed by atoms with Gasteiger partial charge in [-0.2, -0.15) is 0 Å². The van der Waals surface area contributed by atoms with Crippen molar-refractivity contribution in [2.24, 2.45) is 11.7 Å². The Labute approximate surface area is 126 Å². The molecule has 0 radical (unpaired) electrons. The largest absolute Gasteiger partial charge is 0.399 e. The fourth-order valence-electron chi connectivity index (χ4n) is 3.07. The van der Waals surface area contributed by atoms with Crippen molar-refractivity contribution in [2.75, 3.05) is 5.73 Å².